The highest BCUT2D eigenvalue weighted by atomic mass is 19.1. The summed E-state index contributed by atoms with van der Waals surface area (Å²) in [6.45, 7) is 2.83. The number of nitrogens with zero attached hydrogens (tertiary/aromatic N) is 3. The molecule has 166 valence electrons. The van der Waals surface area contributed by atoms with Crippen molar-refractivity contribution in [1.82, 2.24) is 9.78 Å². The van der Waals surface area contributed by atoms with Crippen LogP contribution in [0.2, 0.25) is 0 Å². The van der Waals surface area contributed by atoms with Crippen LogP contribution in [0.15, 0.2) is 54.6 Å². The van der Waals surface area contributed by atoms with Crippen LogP contribution in [0, 0.1) is 19.7 Å². The molecule has 32 heavy (non-hydrogen) atoms. The van der Waals surface area contributed by atoms with Gasteiger partial charge in [-0.2, -0.15) is 5.10 Å². The summed E-state index contributed by atoms with van der Waals surface area (Å²) in [6.07, 6.45) is -0.0981. The quantitative estimate of drug-likeness (QED) is 0.544. The van der Waals surface area contributed by atoms with E-state index in [1.807, 2.05) is 30.3 Å². The summed E-state index contributed by atoms with van der Waals surface area (Å²) < 4.78 is 20.1. The molecule has 0 unspecified atom stereocenters. The van der Waals surface area contributed by atoms with E-state index in [0.29, 0.717) is 17.1 Å². The molecule has 8 nitrogen and oxygen atoms in total. The molecule has 1 heterocycles. The average Bonchev–Trinajstić information content (AvgIpc) is 3.07. The fourth-order valence-corrected chi connectivity index (χ4v) is 3.28. The highest BCUT2D eigenvalue weighted by Gasteiger charge is 2.23. The van der Waals surface area contributed by atoms with Gasteiger partial charge in [0.05, 0.1) is 17.1 Å². The number of amides is 2. The van der Waals surface area contributed by atoms with Crippen molar-refractivity contribution in [2.75, 3.05) is 18.1 Å². The number of hydrogen-bond acceptors (Lipinski definition) is 5. The van der Waals surface area contributed by atoms with E-state index >= 15 is 0 Å². The van der Waals surface area contributed by atoms with Gasteiger partial charge in [-0.3, -0.25) is 9.59 Å². The molecule has 0 aliphatic rings. The van der Waals surface area contributed by atoms with Crippen molar-refractivity contribution >= 4 is 23.5 Å². The Morgan fingerprint density at radius 1 is 1.06 bits per heavy atom. The smallest absolute Gasteiger partial charge is 0.342 e. The van der Waals surface area contributed by atoms with Crippen LogP contribution in [0.25, 0.3) is 5.69 Å². The normalized spacial score (nSPS) is 10.6. The van der Waals surface area contributed by atoms with Crippen LogP contribution in [0.3, 0.4) is 0 Å². The number of halogens is 1. The lowest BCUT2D eigenvalue weighted by Gasteiger charge is -2.22. The monoisotopic (exact) mass is 438 g/mol. The molecule has 2 amide bonds. The maximum Gasteiger partial charge on any atom is 0.342 e. The van der Waals surface area contributed by atoms with E-state index in [-0.39, 0.29) is 18.5 Å². The van der Waals surface area contributed by atoms with Crippen molar-refractivity contribution in [2.45, 2.75) is 20.3 Å². The van der Waals surface area contributed by atoms with Crippen molar-refractivity contribution in [3.63, 3.8) is 0 Å². The Bertz CT molecular complexity index is 1130. The number of rotatable bonds is 8. The van der Waals surface area contributed by atoms with E-state index in [4.69, 9.17) is 10.5 Å². The Morgan fingerprint density at radius 2 is 1.72 bits per heavy atom. The molecule has 0 saturated heterocycles. The predicted octanol–water partition coefficient (Wildman–Crippen LogP) is 2.69. The zero-order valence-corrected chi connectivity index (χ0v) is 17.7. The third-order valence-electron chi connectivity index (χ3n) is 4.84. The van der Waals surface area contributed by atoms with E-state index in [1.54, 1.807) is 18.5 Å². The lowest BCUT2D eigenvalue weighted by molar-refractivity contribution is -0.121. The topological polar surface area (TPSA) is 108 Å². The van der Waals surface area contributed by atoms with Crippen LogP contribution in [0.5, 0.6) is 0 Å². The number of benzene rings is 2. The average molecular weight is 438 g/mol. The fourth-order valence-electron chi connectivity index (χ4n) is 3.28. The maximum atomic E-state index is 13.3. The van der Waals surface area contributed by atoms with Gasteiger partial charge in [0.1, 0.15) is 11.4 Å². The van der Waals surface area contributed by atoms with Crippen LogP contribution in [-0.4, -0.2) is 40.7 Å². The second-order valence-electron chi connectivity index (χ2n) is 7.11. The van der Waals surface area contributed by atoms with Gasteiger partial charge in [-0.15, -0.1) is 0 Å². The molecule has 0 aliphatic heterocycles. The SMILES string of the molecule is Cc1nn(-c2ccccc2)c(C)c1C(=O)OCC(=O)N(CCC(N)=O)c1ccc(F)cc1. The van der Waals surface area contributed by atoms with Gasteiger partial charge in [0, 0.05) is 18.7 Å². The van der Waals surface area contributed by atoms with Crippen molar-refractivity contribution < 1.29 is 23.5 Å². The number of nitrogens with two attached hydrogens (primary N) is 1. The van der Waals surface area contributed by atoms with E-state index in [2.05, 4.69) is 5.10 Å². The van der Waals surface area contributed by atoms with Gasteiger partial charge < -0.3 is 15.4 Å². The number of esters is 1. The number of ether oxygens (including phenoxy) is 1. The van der Waals surface area contributed by atoms with E-state index in [0.717, 1.165) is 5.69 Å². The number of aryl methyl sites for hydroxylation is 1. The Hall–Kier alpha value is -4.01. The highest BCUT2D eigenvalue weighted by Crippen LogP contribution is 2.20. The molecule has 0 saturated carbocycles. The molecular weight excluding hydrogens is 415 g/mol. The minimum atomic E-state index is -0.690. The van der Waals surface area contributed by atoms with Gasteiger partial charge >= 0.3 is 5.97 Å². The third kappa shape index (κ3) is 5.18. The molecule has 2 N–H and O–H groups in total. The largest absolute Gasteiger partial charge is 0.452 e. The number of carbonyl (C=O) groups is 3. The zero-order chi connectivity index (χ0) is 23.3. The van der Waals surface area contributed by atoms with Crippen molar-refractivity contribution in [2.24, 2.45) is 5.73 Å². The molecule has 3 aromatic rings. The number of hydrogen-bond donors (Lipinski definition) is 1. The second-order valence-corrected chi connectivity index (χ2v) is 7.11. The molecule has 3 rings (SSSR count). The first-order valence-electron chi connectivity index (χ1n) is 9.91. The van der Waals surface area contributed by atoms with Crippen molar-refractivity contribution in [3.8, 4) is 5.69 Å². The van der Waals surface area contributed by atoms with Gasteiger partial charge in [0.25, 0.3) is 5.91 Å². The summed E-state index contributed by atoms with van der Waals surface area (Å²) in [7, 11) is 0. The molecule has 0 radical (unpaired) electrons. The molecule has 0 atom stereocenters. The van der Waals surface area contributed by atoms with Gasteiger partial charge in [-0.05, 0) is 50.2 Å². The van der Waals surface area contributed by atoms with Gasteiger partial charge in [-0.25, -0.2) is 13.9 Å². The summed E-state index contributed by atoms with van der Waals surface area (Å²) in [5, 5.41) is 4.40. The minimum Gasteiger partial charge on any atom is -0.452 e. The first-order valence-corrected chi connectivity index (χ1v) is 9.91. The molecule has 1 aromatic heterocycles. The number of anilines is 1. The minimum absolute atomic E-state index is 0.0264. The standard InChI is InChI=1S/C23H23FN4O4/c1-15-22(16(2)28(26-15)19-6-4-3-5-7-19)23(31)32-14-21(30)27(13-12-20(25)29)18-10-8-17(24)9-11-18/h3-11H,12-14H2,1-2H3,(H2,25,29). The number of aromatic nitrogens is 2. The van der Waals surface area contributed by atoms with Gasteiger partial charge in [-0.1, -0.05) is 18.2 Å². The van der Waals surface area contributed by atoms with E-state index < -0.39 is 30.2 Å². The first kappa shape index (κ1) is 22.7. The van der Waals surface area contributed by atoms with E-state index in [1.165, 1.54) is 29.2 Å². The van der Waals surface area contributed by atoms with Gasteiger partial charge in [0.15, 0.2) is 6.61 Å². The molecular formula is C23H23FN4O4. The van der Waals surface area contributed by atoms with Crippen LogP contribution in [0.1, 0.15) is 28.2 Å². The maximum absolute atomic E-state index is 13.3. The summed E-state index contributed by atoms with van der Waals surface area (Å²) in [6, 6.07) is 14.5. The Balaban J connectivity index is 1.75. The lowest BCUT2D eigenvalue weighted by atomic mass is 10.2. The number of primary amides is 1. The Labute approximate surface area is 184 Å². The van der Waals surface area contributed by atoms with E-state index in [9.17, 15) is 18.8 Å². The molecule has 0 fully saturated rings. The summed E-state index contributed by atoms with van der Waals surface area (Å²) in [5.41, 5.74) is 7.66. The van der Waals surface area contributed by atoms with Crippen molar-refractivity contribution in [3.05, 3.63) is 77.4 Å². The third-order valence-corrected chi connectivity index (χ3v) is 4.84. The number of carbonyl (C=O) groups excluding carboxylic acids is 3. The summed E-state index contributed by atoms with van der Waals surface area (Å²) in [4.78, 5) is 37.9. The molecule has 0 bridgehead atoms. The molecule has 0 spiro atoms. The summed E-state index contributed by atoms with van der Waals surface area (Å²) >= 11 is 0. The van der Waals surface area contributed by atoms with Crippen LogP contribution >= 0.6 is 0 Å². The zero-order valence-electron chi connectivity index (χ0n) is 17.7. The van der Waals surface area contributed by atoms with Crippen LogP contribution in [-0.2, 0) is 14.3 Å². The fraction of sp³-hybridized carbons (Fsp3) is 0.217. The Kier molecular flexibility index (Phi) is 6.99. The number of para-hydroxylation sites is 1. The molecule has 2 aromatic carbocycles. The highest BCUT2D eigenvalue weighted by molar-refractivity contribution is 5.98. The Morgan fingerprint density at radius 3 is 2.34 bits per heavy atom. The van der Waals surface area contributed by atoms with Crippen molar-refractivity contribution in [1.29, 1.82) is 0 Å². The summed E-state index contributed by atoms with van der Waals surface area (Å²) in [5.74, 6) is -2.33. The predicted molar refractivity (Wildman–Crippen MR) is 116 cm³/mol. The first-order chi connectivity index (χ1) is 15.3. The van der Waals surface area contributed by atoms with Crippen LogP contribution < -0.4 is 10.6 Å². The second kappa shape index (κ2) is 9.86. The van der Waals surface area contributed by atoms with Crippen LogP contribution in [0.4, 0.5) is 10.1 Å². The lowest BCUT2D eigenvalue weighted by Crippen LogP contribution is -2.37. The molecule has 9 heteroatoms. The molecule has 0 aliphatic carbocycles. The van der Waals surface area contributed by atoms with Gasteiger partial charge in [0.2, 0.25) is 5.91 Å².